The molecule has 0 N–H and O–H groups in total. The van der Waals surface area contributed by atoms with Crippen LogP contribution < -0.4 is 0 Å². The second-order valence-electron chi connectivity index (χ2n) is 4.12. The average Bonchev–Trinajstić information content (AvgIpc) is 2.21. The quantitative estimate of drug-likeness (QED) is 0.576. The minimum absolute atomic E-state index is 0.889. The molecule has 0 amide bonds. The van der Waals surface area contributed by atoms with Gasteiger partial charge in [0.25, 0.3) is 0 Å². The first kappa shape index (κ1) is 11.3. The Kier molecular flexibility index (Phi) is 4.19. The lowest BCUT2D eigenvalue weighted by molar-refractivity contribution is 0.501. The molecule has 1 atom stereocenters. The number of hydrogen-bond donors (Lipinski definition) is 0. The van der Waals surface area contributed by atoms with E-state index in [2.05, 4.69) is 32.0 Å². The van der Waals surface area contributed by atoms with Crippen molar-refractivity contribution < 1.29 is 0 Å². The van der Waals surface area contributed by atoms with Gasteiger partial charge in [-0.2, -0.15) is 0 Å². The van der Waals surface area contributed by atoms with Gasteiger partial charge in [-0.25, -0.2) is 0 Å². The van der Waals surface area contributed by atoms with Gasteiger partial charge in [-0.15, -0.1) is 0 Å². The Morgan fingerprint density at radius 2 is 1.86 bits per heavy atom. The van der Waals surface area contributed by atoms with E-state index in [4.69, 9.17) is 0 Å². The predicted octanol–water partition coefficient (Wildman–Crippen LogP) is 4.15. The summed E-state index contributed by atoms with van der Waals surface area (Å²) < 4.78 is 0. The Morgan fingerprint density at radius 1 is 1.14 bits per heavy atom. The maximum atomic E-state index is 2.35. The summed E-state index contributed by atoms with van der Waals surface area (Å²) in [6.07, 6.45) is 3.95. The molecule has 0 bridgehead atoms. The zero-order valence-electron chi connectivity index (χ0n) is 9.93. The van der Waals surface area contributed by atoms with Gasteiger partial charge in [0.2, 0.25) is 0 Å². The van der Waals surface area contributed by atoms with Gasteiger partial charge in [0.1, 0.15) is 0 Å². The first-order valence-corrected chi connectivity index (χ1v) is 5.84. The van der Waals surface area contributed by atoms with Crippen molar-refractivity contribution in [3.63, 3.8) is 0 Å². The molecule has 0 spiro atoms. The van der Waals surface area contributed by atoms with Crippen molar-refractivity contribution in [2.24, 2.45) is 5.92 Å². The van der Waals surface area contributed by atoms with E-state index in [9.17, 15) is 0 Å². The predicted molar refractivity (Wildman–Crippen MR) is 63.7 cm³/mol. The third kappa shape index (κ3) is 2.60. The molecular formula is C14H22. The summed E-state index contributed by atoms with van der Waals surface area (Å²) in [6, 6.07) is 6.89. The van der Waals surface area contributed by atoms with Gasteiger partial charge in [0, 0.05) is 0 Å². The molecule has 0 saturated heterocycles. The molecule has 1 aromatic carbocycles. The van der Waals surface area contributed by atoms with Crippen LogP contribution in [-0.2, 0) is 12.8 Å². The van der Waals surface area contributed by atoms with Crippen LogP contribution in [0.5, 0.6) is 0 Å². The van der Waals surface area contributed by atoms with Crippen molar-refractivity contribution >= 4 is 0 Å². The molecule has 0 fully saturated rings. The van der Waals surface area contributed by atoms with Crippen LogP contribution in [0, 0.1) is 12.8 Å². The van der Waals surface area contributed by atoms with Gasteiger partial charge in [0.15, 0.2) is 0 Å². The van der Waals surface area contributed by atoms with Crippen molar-refractivity contribution in [2.75, 3.05) is 0 Å². The number of hydrogen-bond acceptors (Lipinski definition) is 0. The molecule has 1 aliphatic carbocycles. The van der Waals surface area contributed by atoms with E-state index >= 15 is 0 Å². The normalized spacial score (nSPS) is 19.3. The molecule has 0 nitrogen and oxygen atoms in total. The molecular weight excluding hydrogens is 168 g/mol. The van der Waals surface area contributed by atoms with E-state index in [0.717, 1.165) is 5.92 Å². The van der Waals surface area contributed by atoms with E-state index in [0.29, 0.717) is 0 Å². The van der Waals surface area contributed by atoms with Gasteiger partial charge >= 0.3 is 0 Å². The standard InChI is InChI=1S/C12H16.C2H6/c1-9-3-5-12-8-10(2)4-6-11(12)7-9;1-2/h3,5,7,10H,4,6,8H2,1-2H3;1-2H3. The van der Waals surface area contributed by atoms with E-state index in [1.165, 1.54) is 24.8 Å². The third-order valence-corrected chi connectivity index (χ3v) is 2.84. The van der Waals surface area contributed by atoms with Gasteiger partial charge < -0.3 is 0 Å². The molecule has 0 saturated carbocycles. The maximum absolute atomic E-state index is 2.35. The lowest BCUT2D eigenvalue weighted by Gasteiger charge is -2.21. The van der Waals surface area contributed by atoms with Crippen LogP contribution in [-0.4, -0.2) is 0 Å². The van der Waals surface area contributed by atoms with Crippen molar-refractivity contribution in [3.8, 4) is 0 Å². The van der Waals surface area contributed by atoms with Gasteiger partial charge in [-0.05, 0) is 43.2 Å². The van der Waals surface area contributed by atoms with Gasteiger partial charge in [0.05, 0.1) is 0 Å². The summed E-state index contributed by atoms with van der Waals surface area (Å²) in [5, 5.41) is 0. The van der Waals surface area contributed by atoms with E-state index in [-0.39, 0.29) is 0 Å². The highest BCUT2D eigenvalue weighted by atomic mass is 14.2. The SMILES string of the molecule is CC.Cc1ccc2c(c1)CCC(C)C2. The number of aryl methyl sites for hydroxylation is 2. The van der Waals surface area contributed by atoms with Crippen LogP contribution in [0.1, 0.15) is 43.9 Å². The second kappa shape index (κ2) is 5.19. The Balaban J connectivity index is 0.000000461. The lowest BCUT2D eigenvalue weighted by Crippen LogP contribution is -2.10. The average molecular weight is 190 g/mol. The van der Waals surface area contributed by atoms with E-state index < -0.39 is 0 Å². The molecule has 78 valence electrons. The Morgan fingerprint density at radius 3 is 2.57 bits per heavy atom. The fraction of sp³-hybridized carbons (Fsp3) is 0.571. The molecule has 14 heavy (non-hydrogen) atoms. The zero-order valence-corrected chi connectivity index (χ0v) is 9.93. The fourth-order valence-electron chi connectivity index (χ4n) is 2.07. The summed E-state index contributed by atoms with van der Waals surface area (Å²) in [4.78, 5) is 0. The Bertz CT molecular complexity index is 286. The van der Waals surface area contributed by atoms with Crippen molar-refractivity contribution in [1.82, 2.24) is 0 Å². The second-order valence-corrected chi connectivity index (χ2v) is 4.12. The summed E-state index contributed by atoms with van der Waals surface area (Å²) in [6.45, 7) is 8.53. The highest BCUT2D eigenvalue weighted by Gasteiger charge is 2.14. The van der Waals surface area contributed by atoms with Crippen LogP contribution in [0.2, 0.25) is 0 Å². The van der Waals surface area contributed by atoms with Crippen LogP contribution in [0.3, 0.4) is 0 Å². The smallest absolute Gasteiger partial charge is 0.0250 e. The largest absolute Gasteiger partial charge is 0.0683 e. The number of rotatable bonds is 0. The van der Waals surface area contributed by atoms with Crippen molar-refractivity contribution in [2.45, 2.75) is 47.0 Å². The van der Waals surface area contributed by atoms with Crippen molar-refractivity contribution in [1.29, 1.82) is 0 Å². The maximum Gasteiger partial charge on any atom is -0.0250 e. The van der Waals surface area contributed by atoms with Crippen molar-refractivity contribution in [3.05, 3.63) is 34.9 Å². The minimum Gasteiger partial charge on any atom is -0.0683 e. The number of fused-ring (bicyclic) bond motifs is 1. The van der Waals surface area contributed by atoms with Gasteiger partial charge in [-0.3, -0.25) is 0 Å². The first-order valence-electron chi connectivity index (χ1n) is 5.84. The third-order valence-electron chi connectivity index (χ3n) is 2.84. The number of benzene rings is 1. The van der Waals surface area contributed by atoms with E-state index in [1.807, 2.05) is 13.8 Å². The molecule has 1 aliphatic rings. The van der Waals surface area contributed by atoms with E-state index in [1.54, 1.807) is 11.1 Å². The first-order chi connectivity index (χ1) is 6.75. The summed E-state index contributed by atoms with van der Waals surface area (Å²) in [5.41, 5.74) is 4.58. The highest BCUT2D eigenvalue weighted by molar-refractivity contribution is 5.33. The summed E-state index contributed by atoms with van der Waals surface area (Å²) in [5.74, 6) is 0.889. The summed E-state index contributed by atoms with van der Waals surface area (Å²) in [7, 11) is 0. The fourth-order valence-corrected chi connectivity index (χ4v) is 2.07. The van der Waals surface area contributed by atoms with Crippen LogP contribution in [0.4, 0.5) is 0 Å². The highest BCUT2D eigenvalue weighted by Crippen LogP contribution is 2.25. The van der Waals surface area contributed by atoms with Crippen LogP contribution in [0.15, 0.2) is 18.2 Å². The van der Waals surface area contributed by atoms with Crippen LogP contribution in [0.25, 0.3) is 0 Å². The lowest BCUT2D eigenvalue weighted by atomic mass is 9.84. The molecule has 0 heterocycles. The topological polar surface area (TPSA) is 0 Å². The minimum atomic E-state index is 0.889. The molecule has 2 rings (SSSR count). The Hall–Kier alpha value is -0.780. The molecule has 0 aliphatic heterocycles. The Labute approximate surface area is 88.4 Å². The molecule has 0 radical (unpaired) electrons. The molecule has 1 unspecified atom stereocenters. The molecule has 0 aromatic heterocycles. The van der Waals surface area contributed by atoms with Gasteiger partial charge in [-0.1, -0.05) is 44.5 Å². The zero-order chi connectivity index (χ0) is 10.6. The molecule has 1 aromatic rings. The summed E-state index contributed by atoms with van der Waals surface area (Å²) >= 11 is 0. The monoisotopic (exact) mass is 190 g/mol. The molecule has 0 heteroatoms. The van der Waals surface area contributed by atoms with Crippen LogP contribution >= 0.6 is 0 Å².